The van der Waals surface area contributed by atoms with E-state index in [9.17, 15) is 8.42 Å². The van der Waals surface area contributed by atoms with Gasteiger partial charge in [-0.2, -0.15) is 4.98 Å². The van der Waals surface area contributed by atoms with Gasteiger partial charge in [-0.15, -0.1) is 11.3 Å². The molecule has 26 heavy (non-hydrogen) atoms. The van der Waals surface area contributed by atoms with Crippen LogP contribution in [0.1, 0.15) is 6.42 Å². The first-order valence-electron chi connectivity index (χ1n) is 8.13. The molecule has 4 bridgehead atoms. The maximum absolute atomic E-state index is 12.4. The molecule has 0 amide bonds. The van der Waals surface area contributed by atoms with E-state index in [1.807, 2.05) is 17.5 Å². The lowest BCUT2D eigenvalue weighted by atomic mass is 10.2. The smallest absolute Gasteiger partial charge is 0.240 e. The molecule has 0 aliphatic carbocycles. The second kappa shape index (κ2) is 7.02. The highest BCUT2D eigenvalue weighted by Gasteiger charge is 2.16. The molecule has 4 rings (SSSR count). The number of nitrogens with one attached hydrogen (secondary N) is 3. The summed E-state index contributed by atoms with van der Waals surface area (Å²) in [6.07, 6.45) is 2.41. The van der Waals surface area contributed by atoms with Gasteiger partial charge >= 0.3 is 0 Å². The zero-order valence-electron chi connectivity index (χ0n) is 13.8. The summed E-state index contributed by atoms with van der Waals surface area (Å²) in [4.78, 5) is 10.3. The molecule has 0 unspecified atom stereocenters. The maximum Gasteiger partial charge on any atom is 0.240 e. The van der Waals surface area contributed by atoms with E-state index in [1.165, 1.54) is 0 Å². The van der Waals surface area contributed by atoms with Gasteiger partial charge in [0.1, 0.15) is 5.82 Å². The van der Waals surface area contributed by atoms with E-state index in [4.69, 9.17) is 0 Å². The molecule has 1 aliphatic heterocycles. The fourth-order valence-electron chi connectivity index (χ4n) is 2.64. The van der Waals surface area contributed by atoms with E-state index in [0.29, 0.717) is 31.1 Å². The Morgan fingerprint density at radius 2 is 2.04 bits per heavy atom. The van der Waals surface area contributed by atoms with Crippen molar-refractivity contribution in [3.63, 3.8) is 0 Å². The molecule has 0 fully saturated rings. The van der Waals surface area contributed by atoms with Crippen LogP contribution < -0.4 is 15.4 Å². The van der Waals surface area contributed by atoms with Gasteiger partial charge in [0.2, 0.25) is 16.0 Å². The molecule has 3 N–H and O–H groups in total. The fraction of sp³-hybridized carbons (Fsp3) is 0.176. The molecule has 0 atom stereocenters. The third kappa shape index (κ3) is 3.55. The van der Waals surface area contributed by atoms with Gasteiger partial charge < -0.3 is 10.6 Å². The molecule has 134 valence electrons. The van der Waals surface area contributed by atoms with Gasteiger partial charge in [-0.05, 0) is 36.1 Å². The predicted molar refractivity (Wildman–Crippen MR) is 103 cm³/mol. The number of anilines is 3. The number of rotatable bonds is 1. The Bertz CT molecular complexity index is 1020. The van der Waals surface area contributed by atoms with Gasteiger partial charge in [-0.3, -0.25) is 0 Å². The van der Waals surface area contributed by atoms with E-state index >= 15 is 0 Å². The molecule has 0 saturated carbocycles. The highest BCUT2D eigenvalue weighted by Crippen LogP contribution is 2.31. The molecule has 9 heteroatoms. The van der Waals surface area contributed by atoms with Gasteiger partial charge in [0.15, 0.2) is 0 Å². The van der Waals surface area contributed by atoms with Crippen molar-refractivity contribution < 1.29 is 8.42 Å². The van der Waals surface area contributed by atoms with Gasteiger partial charge in [-0.1, -0.05) is 12.1 Å². The van der Waals surface area contributed by atoms with Crippen LogP contribution in [0.5, 0.6) is 0 Å². The van der Waals surface area contributed by atoms with Crippen LogP contribution in [0.2, 0.25) is 0 Å². The Morgan fingerprint density at radius 3 is 2.88 bits per heavy atom. The largest absolute Gasteiger partial charge is 0.369 e. The summed E-state index contributed by atoms with van der Waals surface area (Å²) in [5.74, 6) is 1.14. The first-order valence-corrected chi connectivity index (χ1v) is 10.5. The molecule has 0 spiro atoms. The summed E-state index contributed by atoms with van der Waals surface area (Å²) in [5.41, 5.74) is 1.54. The van der Waals surface area contributed by atoms with Crippen LogP contribution in [0.25, 0.3) is 10.4 Å². The molecule has 1 aromatic carbocycles. The van der Waals surface area contributed by atoms with Crippen LogP contribution >= 0.6 is 11.3 Å². The second-order valence-corrected chi connectivity index (χ2v) is 8.48. The van der Waals surface area contributed by atoms with Gasteiger partial charge in [-0.25, -0.2) is 18.1 Å². The minimum atomic E-state index is -3.54. The number of aromatic nitrogens is 2. The molecule has 0 saturated heterocycles. The molecule has 2 aromatic heterocycles. The number of thiophene rings is 1. The van der Waals surface area contributed by atoms with Crippen LogP contribution in [-0.4, -0.2) is 31.5 Å². The molecule has 7 nitrogen and oxygen atoms in total. The Kier molecular flexibility index (Phi) is 4.58. The summed E-state index contributed by atoms with van der Waals surface area (Å²) < 4.78 is 27.4. The number of sulfonamides is 1. The van der Waals surface area contributed by atoms with Crippen molar-refractivity contribution in [2.75, 3.05) is 23.7 Å². The standard InChI is InChI=1S/C17H17N5O2S2/c23-26(24)13-5-1-4-12(10-13)21-17-19-11-14(15-6-2-9-25-15)16(22-17)18-7-3-8-20-26/h1-2,4-6,9-11,20H,3,7-8H2,(H2,18,19,21,22). The van der Waals surface area contributed by atoms with Crippen LogP contribution in [0.15, 0.2) is 52.9 Å². The molecule has 3 heterocycles. The van der Waals surface area contributed by atoms with Crippen LogP contribution in [0.4, 0.5) is 17.5 Å². The van der Waals surface area contributed by atoms with Crippen LogP contribution in [0.3, 0.4) is 0 Å². The zero-order valence-corrected chi connectivity index (χ0v) is 15.4. The minimum absolute atomic E-state index is 0.213. The monoisotopic (exact) mass is 387 g/mol. The van der Waals surface area contributed by atoms with E-state index in [0.717, 1.165) is 16.3 Å². The molecule has 1 aliphatic rings. The second-order valence-electron chi connectivity index (χ2n) is 5.76. The maximum atomic E-state index is 12.4. The quantitative estimate of drug-likeness (QED) is 0.594. The van der Waals surface area contributed by atoms with Crippen molar-refractivity contribution >= 4 is 38.8 Å². The Hall–Kier alpha value is -2.49. The number of nitrogens with zero attached hydrogens (tertiary/aromatic N) is 2. The molecule has 3 aromatic rings. The van der Waals surface area contributed by atoms with Crippen molar-refractivity contribution in [1.29, 1.82) is 0 Å². The summed E-state index contributed by atoms with van der Waals surface area (Å²) in [7, 11) is -3.54. The van der Waals surface area contributed by atoms with E-state index < -0.39 is 10.0 Å². The van der Waals surface area contributed by atoms with Crippen molar-refractivity contribution in [2.24, 2.45) is 0 Å². The average molecular weight is 387 g/mol. The number of benzene rings is 1. The Balaban J connectivity index is 1.75. The fourth-order valence-corrected chi connectivity index (χ4v) is 4.50. The van der Waals surface area contributed by atoms with Gasteiger partial charge in [0.05, 0.1) is 10.5 Å². The Labute approximate surface area is 155 Å². The first kappa shape index (κ1) is 17.0. The third-order valence-corrected chi connectivity index (χ3v) is 6.28. The van der Waals surface area contributed by atoms with Gasteiger partial charge in [0.25, 0.3) is 0 Å². The lowest BCUT2D eigenvalue weighted by molar-refractivity contribution is 0.580. The highest BCUT2D eigenvalue weighted by atomic mass is 32.2. The molecule has 0 radical (unpaired) electrons. The van der Waals surface area contributed by atoms with Crippen LogP contribution in [0, 0.1) is 0 Å². The number of fused-ring (bicyclic) bond motifs is 4. The van der Waals surface area contributed by atoms with Crippen molar-refractivity contribution in [3.05, 3.63) is 48.0 Å². The summed E-state index contributed by atoms with van der Waals surface area (Å²) >= 11 is 1.62. The summed E-state index contributed by atoms with van der Waals surface area (Å²) in [6, 6.07) is 10.6. The summed E-state index contributed by atoms with van der Waals surface area (Å²) in [5, 5.41) is 8.38. The van der Waals surface area contributed by atoms with Crippen molar-refractivity contribution in [1.82, 2.24) is 14.7 Å². The third-order valence-electron chi connectivity index (χ3n) is 3.91. The summed E-state index contributed by atoms with van der Waals surface area (Å²) in [6.45, 7) is 0.939. The lowest BCUT2D eigenvalue weighted by Crippen LogP contribution is -2.26. The lowest BCUT2D eigenvalue weighted by Gasteiger charge is -2.12. The topological polar surface area (TPSA) is 96.0 Å². The average Bonchev–Trinajstić information content (AvgIpc) is 3.16. The van der Waals surface area contributed by atoms with Crippen LogP contribution in [-0.2, 0) is 10.0 Å². The van der Waals surface area contributed by atoms with E-state index in [-0.39, 0.29) is 4.90 Å². The highest BCUT2D eigenvalue weighted by molar-refractivity contribution is 7.89. The van der Waals surface area contributed by atoms with Gasteiger partial charge in [0, 0.05) is 29.9 Å². The number of hydrogen-bond acceptors (Lipinski definition) is 7. The first-order chi connectivity index (χ1) is 12.6. The van der Waals surface area contributed by atoms with E-state index in [2.05, 4.69) is 25.3 Å². The SMILES string of the molecule is O=S1(=O)NCCCNc2nc(ncc2-c2cccs2)Nc2cccc1c2. The number of hydrogen-bond donors (Lipinski definition) is 3. The normalized spacial score (nSPS) is 16.3. The minimum Gasteiger partial charge on any atom is -0.369 e. The molecular weight excluding hydrogens is 370 g/mol. The molecular formula is C17H17N5O2S2. The van der Waals surface area contributed by atoms with Crippen molar-refractivity contribution in [2.45, 2.75) is 11.3 Å². The Morgan fingerprint density at radius 1 is 1.12 bits per heavy atom. The zero-order chi connectivity index (χ0) is 18.0. The van der Waals surface area contributed by atoms with Crippen molar-refractivity contribution in [3.8, 4) is 10.4 Å². The predicted octanol–water partition coefficient (Wildman–Crippen LogP) is 3.04. The van der Waals surface area contributed by atoms with E-state index in [1.54, 1.807) is 41.8 Å².